The molecule has 0 saturated heterocycles. The van der Waals surface area contributed by atoms with Crippen molar-refractivity contribution < 1.29 is 0 Å². The summed E-state index contributed by atoms with van der Waals surface area (Å²) in [7, 11) is -1.32. The fourth-order valence-electron chi connectivity index (χ4n) is 2.39. The molecular formula is C15H33Cl2NSi. The van der Waals surface area contributed by atoms with E-state index in [9.17, 15) is 0 Å². The van der Waals surface area contributed by atoms with Crippen LogP contribution >= 0.6 is 22.2 Å². The van der Waals surface area contributed by atoms with Crippen LogP contribution in [0.5, 0.6) is 0 Å². The van der Waals surface area contributed by atoms with E-state index in [0.717, 1.165) is 12.6 Å². The van der Waals surface area contributed by atoms with Crippen molar-refractivity contribution in [2.45, 2.75) is 89.5 Å². The summed E-state index contributed by atoms with van der Waals surface area (Å²) < 4.78 is 0. The third kappa shape index (κ3) is 18.8. The summed E-state index contributed by atoms with van der Waals surface area (Å²) in [6.07, 6.45) is 17.7. The molecule has 0 spiro atoms. The first kappa shape index (κ1) is 19.8. The Morgan fingerprint density at radius 3 is 1.16 bits per heavy atom. The van der Waals surface area contributed by atoms with Crippen LogP contribution in [0.15, 0.2) is 0 Å². The van der Waals surface area contributed by atoms with Crippen molar-refractivity contribution in [3.63, 3.8) is 0 Å². The lowest BCUT2D eigenvalue weighted by atomic mass is 10.0. The maximum Gasteiger partial charge on any atom is 0.237 e. The van der Waals surface area contributed by atoms with E-state index in [-0.39, 0.29) is 0 Å². The lowest BCUT2D eigenvalue weighted by Gasteiger charge is -2.03. The zero-order chi connectivity index (χ0) is 14.2. The van der Waals surface area contributed by atoms with Crippen LogP contribution in [-0.4, -0.2) is 14.0 Å². The molecule has 19 heavy (non-hydrogen) atoms. The van der Waals surface area contributed by atoms with Crippen LogP contribution in [0.4, 0.5) is 0 Å². The van der Waals surface area contributed by atoms with Gasteiger partial charge in [0.1, 0.15) is 0 Å². The predicted octanol–water partition coefficient (Wildman–Crippen LogP) is 5.71. The van der Waals surface area contributed by atoms with E-state index in [0.29, 0.717) is 0 Å². The van der Waals surface area contributed by atoms with Crippen LogP contribution in [0, 0.1) is 0 Å². The van der Waals surface area contributed by atoms with Gasteiger partial charge >= 0.3 is 0 Å². The molecule has 0 unspecified atom stereocenters. The minimum absolute atomic E-state index is 0.860. The summed E-state index contributed by atoms with van der Waals surface area (Å²) in [6, 6.07) is 1.09. The van der Waals surface area contributed by atoms with Gasteiger partial charge in [0, 0.05) is 0 Å². The molecule has 0 aromatic heterocycles. The Morgan fingerprint density at radius 1 is 0.526 bits per heavy atom. The first-order valence-corrected chi connectivity index (χ1v) is 12.6. The molecule has 0 aliphatic carbocycles. The summed E-state index contributed by atoms with van der Waals surface area (Å²) in [5.41, 5.74) is 5.47. The molecule has 0 aromatic carbocycles. The monoisotopic (exact) mass is 325 g/mol. The van der Waals surface area contributed by atoms with Gasteiger partial charge in [0.2, 0.25) is 7.42 Å². The molecule has 1 nitrogen and oxygen atoms in total. The Hall–Kier alpha value is 0.757. The zero-order valence-electron chi connectivity index (χ0n) is 12.5. The van der Waals surface area contributed by atoms with Gasteiger partial charge in [-0.1, -0.05) is 77.0 Å². The highest BCUT2D eigenvalue weighted by Gasteiger charge is 2.00. The third-order valence-electron chi connectivity index (χ3n) is 3.63. The van der Waals surface area contributed by atoms with Gasteiger partial charge in [-0.15, -0.1) is 0 Å². The van der Waals surface area contributed by atoms with Gasteiger partial charge in [-0.25, -0.2) is 0 Å². The molecule has 4 heteroatoms. The summed E-state index contributed by atoms with van der Waals surface area (Å²) in [6.45, 7) is 0.860. The Labute approximate surface area is 131 Å². The smallest absolute Gasteiger partial charge is 0.237 e. The van der Waals surface area contributed by atoms with Crippen molar-refractivity contribution in [1.82, 2.24) is 0 Å². The lowest BCUT2D eigenvalue weighted by molar-refractivity contribution is 0.540. The average molecular weight is 326 g/mol. The first-order valence-electron chi connectivity index (χ1n) is 8.25. The van der Waals surface area contributed by atoms with E-state index in [1.54, 1.807) is 0 Å². The number of unbranched alkanes of at least 4 members (excludes halogenated alkanes) is 12. The molecule has 0 radical (unpaired) electrons. The number of rotatable bonds is 15. The molecule has 0 aliphatic rings. The summed E-state index contributed by atoms with van der Waals surface area (Å²) >= 11 is 11.7. The molecular weight excluding hydrogens is 293 g/mol. The average Bonchev–Trinajstić information content (AvgIpc) is 2.39. The summed E-state index contributed by atoms with van der Waals surface area (Å²) in [5, 5.41) is 0. The molecule has 0 saturated carbocycles. The Morgan fingerprint density at radius 2 is 0.842 bits per heavy atom. The van der Waals surface area contributed by atoms with Crippen molar-refractivity contribution in [1.29, 1.82) is 0 Å². The largest absolute Gasteiger partial charge is 0.330 e. The third-order valence-corrected chi connectivity index (χ3v) is 5.78. The maximum absolute atomic E-state index is 5.83. The molecule has 0 amide bonds. The van der Waals surface area contributed by atoms with E-state index in [1.165, 1.54) is 83.5 Å². The van der Waals surface area contributed by atoms with Crippen molar-refractivity contribution in [2.24, 2.45) is 5.73 Å². The van der Waals surface area contributed by atoms with E-state index in [4.69, 9.17) is 27.9 Å². The number of halogens is 2. The van der Waals surface area contributed by atoms with Crippen LogP contribution in [0.25, 0.3) is 0 Å². The molecule has 0 fully saturated rings. The number of nitrogens with two attached hydrogens (primary N) is 1. The molecule has 116 valence electrons. The Bertz CT molecular complexity index is 168. The van der Waals surface area contributed by atoms with Crippen molar-refractivity contribution in [3.8, 4) is 0 Å². The normalized spacial score (nSPS) is 11.4. The standard InChI is InChI=1S/C15H33Cl2NSi/c16-19(17)15-13-11-9-7-5-3-1-2-4-6-8-10-12-14-18/h19H,1-15,18H2. The Kier molecular flexibility index (Phi) is 17.5. The van der Waals surface area contributed by atoms with Crippen molar-refractivity contribution in [2.75, 3.05) is 6.54 Å². The minimum atomic E-state index is -1.32. The second-order valence-electron chi connectivity index (χ2n) is 5.56. The van der Waals surface area contributed by atoms with Gasteiger partial charge in [-0.2, -0.15) is 22.2 Å². The molecule has 0 rings (SSSR count). The van der Waals surface area contributed by atoms with Gasteiger partial charge in [0.15, 0.2) is 0 Å². The van der Waals surface area contributed by atoms with Crippen LogP contribution < -0.4 is 5.73 Å². The molecule has 2 N–H and O–H groups in total. The van der Waals surface area contributed by atoms with Gasteiger partial charge in [0.05, 0.1) is 0 Å². The van der Waals surface area contributed by atoms with Crippen LogP contribution in [0.2, 0.25) is 6.04 Å². The van der Waals surface area contributed by atoms with Crippen molar-refractivity contribution in [3.05, 3.63) is 0 Å². The maximum atomic E-state index is 5.83. The number of hydrogen-bond acceptors (Lipinski definition) is 1. The second kappa shape index (κ2) is 16.8. The quantitative estimate of drug-likeness (QED) is 0.233. The lowest BCUT2D eigenvalue weighted by Crippen LogP contribution is -1.97. The van der Waals surface area contributed by atoms with Crippen LogP contribution in [-0.2, 0) is 0 Å². The SMILES string of the molecule is NCCCCCCCCCCCCCCC[SiH](Cl)Cl. The van der Waals surface area contributed by atoms with Gasteiger partial charge in [0.25, 0.3) is 0 Å². The number of hydrogen-bond donors (Lipinski definition) is 1. The highest BCUT2D eigenvalue weighted by atomic mass is 35.7. The van der Waals surface area contributed by atoms with Crippen LogP contribution in [0.3, 0.4) is 0 Å². The Balaban J connectivity index is 2.91. The predicted molar refractivity (Wildman–Crippen MR) is 92.7 cm³/mol. The van der Waals surface area contributed by atoms with Crippen molar-refractivity contribution >= 4 is 29.6 Å². The topological polar surface area (TPSA) is 26.0 Å². The van der Waals surface area contributed by atoms with Crippen LogP contribution in [0.1, 0.15) is 83.5 Å². The fraction of sp³-hybridized carbons (Fsp3) is 1.00. The highest BCUT2D eigenvalue weighted by molar-refractivity contribution is 7.33. The van der Waals surface area contributed by atoms with E-state index >= 15 is 0 Å². The van der Waals surface area contributed by atoms with Gasteiger partial charge in [-0.05, 0) is 19.0 Å². The molecule has 0 aromatic rings. The molecule has 0 heterocycles. The van der Waals surface area contributed by atoms with Gasteiger partial charge in [-0.3, -0.25) is 0 Å². The van der Waals surface area contributed by atoms with Gasteiger partial charge < -0.3 is 5.73 Å². The summed E-state index contributed by atoms with van der Waals surface area (Å²) in [4.78, 5) is 0. The summed E-state index contributed by atoms with van der Waals surface area (Å²) in [5.74, 6) is 0. The zero-order valence-corrected chi connectivity index (χ0v) is 15.2. The second-order valence-corrected chi connectivity index (χ2v) is 10.8. The molecule has 0 aliphatic heterocycles. The minimum Gasteiger partial charge on any atom is -0.330 e. The highest BCUT2D eigenvalue weighted by Crippen LogP contribution is 2.14. The first-order chi connectivity index (χ1) is 9.27. The molecule has 0 atom stereocenters. The fourth-order valence-corrected chi connectivity index (χ4v) is 3.91. The van der Waals surface area contributed by atoms with E-state index in [2.05, 4.69) is 0 Å². The van der Waals surface area contributed by atoms with E-state index in [1.807, 2.05) is 0 Å². The van der Waals surface area contributed by atoms with E-state index < -0.39 is 7.42 Å². The molecule has 0 bridgehead atoms.